The first-order chi connectivity index (χ1) is 15.9. The van der Waals surface area contributed by atoms with E-state index in [1.54, 1.807) is 41.5 Å². The quantitative estimate of drug-likeness (QED) is 0.399. The first kappa shape index (κ1) is 25.0. The summed E-state index contributed by atoms with van der Waals surface area (Å²) in [5.41, 5.74) is 0.113. The van der Waals surface area contributed by atoms with Gasteiger partial charge in [-0.3, -0.25) is 4.79 Å². The van der Waals surface area contributed by atoms with Gasteiger partial charge in [0.25, 0.3) is 0 Å². The second-order valence-electron chi connectivity index (χ2n) is 9.32. The van der Waals surface area contributed by atoms with Crippen LogP contribution in [0.1, 0.15) is 40.4 Å². The Kier molecular flexibility index (Phi) is 7.09. The minimum atomic E-state index is -0.944. The van der Waals surface area contributed by atoms with Crippen LogP contribution in [0.4, 0.5) is 9.18 Å². The topological polar surface area (TPSA) is 94.8 Å². The number of alkyl carbamates (subject to hydrolysis) is 1. The van der Waals surface area contributed by atoms with E-state index in [1.807, 2.05) is 0 Å². The van der Waals surface area contributed by atoms with Crippen LogP contribution in [0.3, 0.4) is 0 Å². The van der Waals surface area contributed by atoms with Gasteiger partial charge < -0.3 is 19.2 Å². The summed E-state index contributed by atoms with van der Waals surface area (Å²) in [7, 11) is 0. The summed E-state index contributed by atoms with van der Waals surface area (Å²) in [4.78, 5) is 38.0. The third-order valence-corrected chi connectivity index (χ3v) is 4.98. The van der Waals surface area contributed by atoms with E-state index in [0.717, 1.165) is 0 Å². The number of rotatable bonds is 5. The Morgan fingerprint density at radius 2 is 1.71 bits per heavy atom. The lowest BCUT2D eigenvalue weighted by Gasteiger charge is -2.24. The second-order valence-corrected chi connectivity index (χ2v) is 9.32. The average molecular weight is 470 g/mol. The number of hydrogen-bond donors (Lipinski definition) is 1. The van der Waals surface area contributed by atoms with Crippen LogP contribution < -0.4 is 15.5 Å². The van der Waals surface area contributed by atoms with E-state index < -0.39 is 29.5 Å². The molecule has 0 aliphatic carbocycles. The van der Waals surface area contributed by atoms with Crippen molar-refractivity contribution in [1.82, 2.24) is 5.32 Å². The van der Waals surface area contributed by atoms with E-state index in [2.05, 4.69) is 5.32 Å². The van der Waals surface area contributed by atoms with Crippen LogP contribution in [-0.2, 0) is 9.53 Å². The maximum Gasteiger partial charge on any atom is 0.408 e. The maximum absolute atomic E-state index is 13.3. The standard InChI is InChI=1S/C26H28FNO6/c1-14(2)22(28-25(31)34-26(4,5)6)24(30)33-18-11-12-19-20(13-18)32-15(3)21(23(19)29)16-7-9-17(27)10-8-16/h7-14,22H,1-6H3,(H,28,31). The molecule has 1 amide bonds. The van der Waals surface area contributed by atoms with Crippen molar-refractivity contribution in [2.75, 3.05) is 0 Å². The van der Waals surface area contributed by atoms with Gasteiger partial charge in [-0.1, -0.05) is 26.0 Å². The van der Waals surface area contributed by atoms with Crippen molar-refractivity contribution in [3.63, 3.8) is 0 Å². The zero-order valence-corrected chi connectivity index (χ0v) is 20.0. The first-order valence-corrected chi connectivity index (χ1v) is 10.9. The molecule has 34 heavy (non-hydrogen) atoms. The fraction of sp³-hybridized carbons (Fsp3) is 0.346. The van der Waals surface area contributed by atoms with Crippen molar-refractivity contribution in [3.05, 3.63) is 64.3 Å². The molecule has 2 aromatic carbocycles. The van der Waals surface area contributed by atoms with E-state index in [0.29, 0.717) is 16.9 Å². The van der Waals surface area contributed by atoms with Gasteiger partial charge in [0.1, 0.15) is 34.6 Å². The highest BCUT2D eigenvalue weighted by atomic mass is 19.1. The summed E-state index contributed by atoms with van der Waals surface area (Å²) in [6.07, 6.45) is -0.725. The number of benzene rings is 2. The third-order valence-electron chi connectivity index (χ3n) is 4.98. The molecule has 0 saturated carbocycles. The molecule has 0 aliphatic rings. The molecule has 0 aliphatic heterocycles. The van der Waals surface area contributed by atoms with Gasteiger partial charge in [0.2, 0.25) is 5.43 Å². The van der Waals surface area contributed by atoms with Crippen molar-refractivity contribution in [1.29, 1.82) is 0 Å². The molecule has 0 fully saturated rings. The Morgan fingerprint density at radius 1 is 1.06 bits per heavy atom. The SMILES string of the molecule is Cc1oc2cc(OC(=O)C(NC(=O)OC(C)(C)C)C(C)C)ccc2c(=O)c1-c1ccc(F)cc1. The second kappa shape index (κ2) is 9.67. The van der Waals surface area contributed by atoms with E-state index in [4.69, 9.17) is 13.9 Å². The molecule has 3 rings (SSSR count). The zero-order chi connectivity index (χ0) is 25.2. The average Bonchev–Trinajstić information content (AvgIpc) is 2.71. The summed E-state index contributed by atoms with van der Waals surface area (Å²) >= 11 is 0. The number of nitrogens with one attached hydrogen (secondary N) is 1. The molecule has 0 spiro atoms. The van der Waals surface area contributed by atoms with E-state index in [-0.39, 0.29) is 28.1 Å². The number of amides is 1. The van der Waals surface area contributed by atoms with Gasteiger partial charge in [0.15, 0.2) is 0 Å². The molecule has 8 heteroatoms. The normalized spacial score (nSPS) is 12.5. The van der Waals surface area contributed by atoms with Gasteiger partial charge >= 0.3 is 12.1 Å². The van der Waals surface area contributed by atoms with Crippen molar-refractivity contribution >= 4 is 23.0 Å². The van der Waals surface area contributed by atoms with Gasteiger partial charge in [-0.25, -0.2) is 14.0 Å². The molecule has 1 aromatic heterocycles. The number of esters is 1. The summed E-state index contributed by atoms with van der Waals surface area (Å²) in [6, 6.07) is 9.06. The molecular formula is C26H28FNO6. The van der Waals surface area contributed by atoms with Gasteiger partial charge in [-0.15, -0.1) is 0 Å². The van der Waals surface area contributed by atoms with Crippen LogP contribution in [0.5, 0.6) is 5.75 Å². The lowest BCUT2D eigenvalue weighted by atomic mass is 10.0. The van der Waals surface area contributed by atoms with Crippen molar-refractivity contribution in [3.8, 4) is 16.9 Å². The fourth-order valence-electron chi connectivity index (χ4n) is 3.41. The van der Waals surface area contributed by atoms with Crippen LogP contribution in [0.15, 0.2) is 51.7 Å². The minimum absolute atomic E-state index is 0.159. The van der Waals surface area contributed by atoms with Crippen LogP contribution in [-0.4, -0.2) is 23.7 Å². The van der Waals surface area contributed by atoms with Crippen molar-refractivity contribution in [2.24, 2.45) is 5.92 Å². The molecule has 1 atom stereocenters. The summed E-state index contributed by atoms with van der Waals surface area (Å²) in [5.74, 6) is -0.842. The molecular weight excluding hydrogens is 441 g/mol. The molecule has 0 saturated heterocycles. The third kappa shape index (κ3) is 5.81. The predicted octanol–water partition coefficient (Wildman–Crippen LogP) is 5.36. The predicted molar refractivity (Wildman–Crippen MR) is 126 cm³/mol. The molecule has 0 bridgehead atoms. The van der Waals surface area contributed by atoms with Gasteiger partial charge in [0, 0.05) is 6.07 Å². The number of carbonyl (C=O) groups is 2. The highest BCUT2D eigenvalue weighted by Gasteiger charge is 2.29. The number of halogens is 1. The fourth-order valence-corrected chi connectivity index (χ4v) is 3.41. The highest BCUT2D eigenvalue weighted by molar-refractivity contribution is 5.86. The minimum Gasteiger partial charge on any atom is -0.460 e. The Hall–Kier alpha value is -3.68. The molecule has 0 radical (unpaired) electrons. The molecule has 1 unspecified atom stereocenters. The first-order valence-electron chi connectivity index (χ1n) is 10.9. The molecule has 180 valence electrons. The Bertz CT molecular complexity index is 1270. The largest absolute Gasteiger partial charge is 0.460 e. The number of hydrogen-bond acceptors (Lipinski definition) is 6. The lowest BCUT2D eigenvalue weighted by Crippen LogP contribution is -2.48. The molecule has 3 aromatic rings. The number of fused-ring (bicyclic) bond motifs is 1. The zero-order valence-electron chi connectivity index (χ0n) is 20.0. The smallest absolute Gasteiger partial charge is 0.408 e. The van der Waals surface area contributed by atoms with Gasteiger partial charge in [0.05, 0.1) is 10.9 Å². The van der Waals surface area contributed by atoms with E-state index >= 15 is 0 Å². The molecule has 1 heterocycles. The number of ether oxygens (including phenoxy) is 2. The summed E-state index contributed by atoms with van der Waals surface area (Å²) in [5, 5.41) is 2.83. The van der Waals surface area contributed by atoms with Gasteiger partial charge in [-0.05, 0) is 63.4 Å². The Labute approximate surface area is 196 Å². The van der Waals surface area contributed by atoms with Crippen molar-refractivity contribution < 1.29 is 27.9 Å². The van der Waals surface area contributed by atoms with E-state index in [9.17, 15) is 18.8 Å². The lowest BCUT2D eigenvalue weighted by molar-refractivity contribution is -0.137. The Balaban J connectivity index is 1.87. The van der Waals surface area contributed by atoms with Gasteiger partial charge in [-0.2, -0.15) is 0 Å². The van der Waals surface area contributed by atoms with Crippen LogP contribution in [0.2, 0.25) is 0 Å². The maximum atomic E-state index is 13.3. The molecule has 1 N–H and O–H groups in total. The number of carbonyl (C=O) groups excluding carboxylic acids is 2. The van der Waals surface area contributed by atoms with Crippen LogP contribution >= 0.6 is 0 Å². The summed E-state index contributed by atoms with van der Waals surface area (Å²) < 4.78 is 29.8. The van der Waals surface area contributed by atoms with Crippen LogP contribution in [0.25, 0.3) is 22.1 Å². The van der Waals surface area contributed by atoms with Crippen LogP contribution in [0, 0.1) is 18.7 Å². The van der Waals surface area contributed by atoms with E-state index in [1.165, 1.54) is 42.5 Å². The Morgan fingerprint density at radius 3 is 2.29 bits per heavy atom. The molecule has 7 nitrogen and oxygen atoms in total. The van der Waals surface area contributed by atoms with Crippen molar-refractivity contribution in [2.45, 2.75) is 53.2 Å². The summed E-state index contributed by atoms with van der Waals surface area (Å²) in [6.45, 7) is 10.3. The monoisotopic (exact) mass is 469 g/mol. The number of aryl methyl sites for hydroxylation is 1. The highest BCUT2D eigenvalue weighted by Crippen LogP contribution is 2.27.